The van der Waals surface area contributed by atoms with Crippen LogP contribution >= 0.6 is 0 Å². The van der Waals surface area contributed by atoms with Crippen molar-refractivity contribution in [1.82, 2.24) is 0 Å². The van der Waals surface area contributed by atoms with Gasteiger partial charge in [0.05, 0.1) is 0 Å². The summed E-state index contributed by atoms with van der Waals surface area (Å²) in [7, 11) is 1.72. The third-order valence-electron chi connectivity index (χ3n) is 3.99. The van der Waals surface area contributed by atoms with E-state index in [4.69, 9.17) is 0 Å². The van der Waals surface area contributed by atoms with E-state index in [9.17, 15) is 9.59 Å². The number of carbonyl (C=O) groups is 2. The van der Waals surface area contributed by atoms with Crippen molar-refractivity contribution in [3.05, 3.63) is 59.7 Å². The van der Waals surface area contributed by atoms with E-state index >= 15 is 0 Å². The highest BCUT2D eigenvalue weighted by atomic mass is 16.2. The van der Waals surface area contributed by atoms with Crippen LogP contribution in [0.25, 0.3) is 0 Å². The lowest BCUT2D eigenvalue weighted by Gasteiger charge is -2.25. The Balaban J connectivity index is 2.21. The zero-order valence-electron chi connectivity index (χ0n) is 14.0. The molecule has 0 bridgehead atoms. The Hall–Kier alpha value is -2.62. The van der Waals surface area contributed by atoms with Crippen LogP contribution < -0.4 is 9.80 Å². The predicted octanol–water partition coefficient (Wildman–Crippen LogP) is 3.32. The van der Waals surface area contributed by atoms with Crippen molar-refractivity contribution in [3.63, 3.8) is 0 Å². The van der Waals surface area contributed by atoms with Crippen molar-refractivity contribution in [2.24, 2.45) is 0 Å². The van der Waals surface area contributed by atoms with Crippen LogP contribution in [-0.4, -0.2) is 25.4 Å². The first-order valence-corrected chi connectivity index (χ1v) is 7.57. The molecule has 0 heterocycles. The average molecular weight is 310 g/mol. The summed E-state index contributed by atoms with van der Waals surface area (Å²) in [6.45, 7) is 5.51. The van der Waals surface area contributed by atoms with Gasteiger partial charge in [0.2, 0.25) is 11.8 Å². The second-order valence-electron chi connectivity index (χ2n) is 5.66. The molecule has 0 aliphatic carbocycles. The van der Waals surface area contributed by atoms with Crippen molar-refractivity contribution >= 4 is 23.2 Å². The first kappa shape index (κ1) is 16.7. The monoisotopic (exact) mass is 310 g/mol. The summed E-state index contributed by atoms with van der Waals surface area (Å²) >= 11 is 0. The van der Waals surface area contributed by atoms with Crippen LogP contribution in [0.3, 0.4) is 0 Å². The normalized spacial score (nSPS) is 10.3. The van der Waals surface area contributed by atoms with Crippen molar-refractivity contribution in [1.29, 1.82) is 0 Å². The lowest BCUT2D eigenvalue weighted by molar-refractivity contribution is -0.121. The highest BCUT2D eigenvalue weighted by Crippen LogP contribution is 2.20. The molecule has 0 N–H and O–H groups in total. The molecule has 2 rings (SSSR count). The summed E-state index contributed by atoms with van der Waals surface area (Å²) < 4.78 is 0. The third kappa shape index (κ3) is 3.97. The fraction of sp³-hybridized carbons (Fsp3) is 0.263. The molecule has 2 aromatic rings. The van der Waals surface area contributed by atoms with Gasteiger partial charge in [-0.2, -0.15) is 0 Å². The highest BCUT2D eigenvalue weighted by molar-refractivity contribution is 6.02. The van der Waals surface area contributed by atoms with E-state index in [1.165, 1.54) is 11.8 Å². The predicted molar refractivity (Wildman–Crippen MR) is 93.8 cm³/mol. The molecule has 0 saturated heterocycles. The van der Waals surface area contributed by atoms with Crippen LogP contribution in [0.15, 0.2) is 48.5 Å². The number of likely N-dealkylation sites (N-methyl/N-ethyl adjacent to an activating group) is 1. The first-order chi connectivity index (χ1) is 10.9. The Labute approximate surface area is 137 Å². The van der Waals surface area contributed by atoms with Crippen molar-refractivity contribution in [3.8, 4) is 0 Å². The molecule has 2 amide bonds. The van der Waals surface area contributed by atoms with Crippen molar-refractivity contribution in [2.45, 2.75) is 20.8 Å². The summed E-state index contributed by atoms with van der Waals surface area (Å²) in [5.41, 5.74) is 3.80. The van der Waals surface area contributed by atoms with Gasteiger partial charge in [0, 0.05) is 25.3 Å². The van der Waals surface area contributed by atoms with E-state index in [0.717, 1.165) is 22.5 Å². The van der Waals surface area contributed by atoms with Crippen molar-refractivity contribution in [2.75, 3.05) is 23.4 Å². The van der Waals surface area contributed by atoms with E-state index in [1.54, 1.807) is 11.9 Å². The van der Waals surface area contributed by atoms with E-state index in [0.29, 0.717) is 0 Å². The molecule has 0 saturated carbocycles. The number of benzene rings is 2. The van der Waals surface area contributed by atoms with Gasteiger partial charge in [0.25, 0.3) is 0 Å². The molecule has 0 aliphatic rings. The number of para-hydroxylation sites is 1. The van der Waals surface area contributed by atoms with Crippen LogP contribution in [0.1, 0.15) is 18.1 Å². The lowest BCUT2D eigenvalue weighted by Crippen LogP contribution is -2.40. The molecule has 120 valence electrons. The zero-order valence-corrected chi connectivity index (χ0v) is 14.0. The molecule has 4 nitrogen and oxygen atoms in total. The smallest absolute Gasteiger partial charge is 0.246 e. The van der Waals surface area contributed by atoms with E-state index in [1.807, 2.05) is 62.4 Å². The van der Waals surface area contributed by atoms with E-state index < -0.39 is 0 Å². The van der Waals surface area contributed by atoms with Gasteiger partial charge in [0.1, 0.15) is 6.54 Å². The number of anilines is 2. The molecule has 0 radical (unpaired) electrons. The summed E-state index contributed by atoms with van der Waals surface area (Å²) in [5.74, 6) is -0.285. The van der Waals surface area contributed by atoms with Crippen molar-refractivity contribution < 1.29 is 9.59 Å². The second kappa shape index (κ2) is 7.09. The maximum Gasteiger partial charge on any atom is 0.246 e. The highest BCUT2D eigenvalue weighted by Gasteiger charge is 2.19. The molecule has 0 atom stereocenters. The summed E-state index contributed by atoms with van der Waals surface area (Å²) in [6.07, 6.45) is 0. The van der Waals surface area contributed by atoms with Crippen LogP contribution in [0.2, 0.25) is 0 Å². The fourth-order valence-electron chi connectivity index (χ4n) is 2.31. The Morgan fingerprint density at radius 3 is 2.13 bits per heavy atom. The number of aryl methyl sites for hydroxylation is 2. The van der Waals surface area contributed by atoms with Gasteiger partial charge in [0.15, 0.2) is 0 Å². The molecule has 0 aromatic heterocycles. The zero-order chi connectivity index (χ0) is 17.0. The van der Waals surface area contributed by atoms with Gasteiger partial charge in [-0.15, -0.1) is 0 Å². The number of amides is 2. The third-order valence-corrected chi connectivity index (χ3v) is 3.99. The Morgan fingerprint density at radius 1 is 0.913 bits per heavy atom. The van der Waals surface area contributed by atoms with Gasteiger partial charge in [-0.05, 0) is 49.2 Å². The molecule has 0 spiro atoms. The Morgan fingerprint density at radius 2 is 1.57 bits per heavy atom. The SMILES string of the molecule is CC(=O)N(CC(=O)N(C)c1ccccc1)c1ccc(C)c(C)c1. The Kier molecular flexibility index (Phi) is 5.16. The largest absolute Gasteiger partial charge is 0.314 e. The van der Waals surface area contributed by atoms with Crippen LogP contribution in [0.5, 0.6) is 0 Å². The summed E-state index contributed by atoms with van der Waals surface area (Å²) in [5, 5.41) is 0. The van der Waals surface area contributed by atoms with Crippen LogP contribution in [0, 0.1) is 13.8 Å². The second-order valence-corrected chi connectivity index (χ2v) is 5.66. The quantitative estimate of drug-likeness (QED) is 0.869. The topological polar surface area (TPSA) is 40.6 Å². The number of rotatable bonds is 4. The minimum absolute atomic E-state index is 0.0171. The van der Waals surface area contributed by atoms with Gasteiger partial charge in [-0.25, -0.2) is 0 Å². The molecule has 0 fully saturated rings. The van der Waals surface area contributed by atoms with Gasteiger partial charge in [-0.3, -0.25) is 9.59 Å². The average Bonchev–Trinajstić information content (AvgIpc) is 2.55. The van der Waals surface area contributed by atoms with Gasteiger partial charge < -0.3 is 9.80 Å². The number of carbonyl (C=O) groups excluding carboxylic acids is 2. The minimum atomic E-state index is -0.150. The first-order valence-electron chi connectivity index (χ1n) is 7.57. The molecular weight excluding hydrogens is 288 g/mol. The minimum Gasteiger partial charge on any atom is -0.314 e. The molecule has 4 heteroatoms. The maximum absolute atomic E-state index is 12.5. The lowest BCUT2D eigenvalue weighted by atomic mass is 10.1. The van der Waals surface area contributed by atoms with E-state index in [-0.39, 0.29) is 18.4 Å². The summed E-state index contributed by atoms with van der Waals surface area (Å²) in [4.78, 5) is 27.6. The molecule has 0 unspecified atom stereocenters. The van der Waals surface area contributed by atoms with Crippen LogP contribution in [-0.2, 0) is 9.59 Å². The molecule has 2 aromatic carbocycles. The van der Waals surface area contributed by atoms with E-state index in [2.05, 4.69) is 0 Å². The molecule has 23 heavy (non-hydrogen) atoms. The number of nitrogens with zero attached hydrogens (tertiary/aromatic N) is 2. The molecular formula is C19H22N2O2. The standard InChI is InChI=1S/C19H22N2O2/c1-14-10-11-18(12-15(14)2)21(16(3)22)13-19(23)20(4)17-8-6-5-7-9-17/h5-12H,13H2,1-4H3. The Bertz CT molecular complexity index is 711. The van der Waals surface area contributed by atoms with Gasteiger partial charge >= 0.3 is 0 Å². The maximum atomic E-state index is 12.5. The molecule has 0 aliphatic heterocycles. The van der Waals surface area contributed by atoms with Crippen LogP contribution in [0.4, 0.5) is 11.4 Å². The number of hydrogen-bond acceptors (Lipinski definition) is 2. The summed E-state index contributed by atoms with van der Waals surface area (Å²) in [6, 6.07) is 15.2. The number of hydrogen-bond donors (Lipinski definition) is 0. The van der Waals surface area contributed by atoms with Gasteiger partial charge in [-0.1, -0.05) is 24.3 Å². The fourth-order valence-corrected chi connectivity index (χ4v) is 2.31.